The molecule has 0 spiro atoms. The van der Waals surface area contributed by atoms with E-state index in [0.717, 1.165) is 24.5 Å². The molecule has 0 aliphatic heterocycles. The zero-order valence-electron chi connectivity index (χ0n) is 10.6. The molecule has 6 nitrogen and oxygen atoms in total. The van der Waals surface area contributed by atoms with E-state index in [1.54, 1.807) is 21.4 Å². The van der Waals surface area contributed by atoms with Crippen LogP contribution in [0.1, 0.15) is 17.9 Å². The lowest BCUT2D eigenvalue weighted by Crippen LogP contribution is -2.24. The van der Waals surface area contributed by atoms with E-state index in [1.165, 1.54) is 0 Å². The van der Waals surface area contributed by atoms with Crippen molar-refractivity contribution >= 4 is 5.82 Å². The summed E-state index contributed by atoms with van der Waals surface area (Å²) in [4.78, 5) is 16.1. The predicted molar refractivity (Wildman–Crippen MR) is 69.2 cm³/mol. The van der Waals surface area contributed by atoms with Crippen LogP contribution < -0.4 is 11.3 Å². The molecule has 0 aliphatic carbocycles. The molecule has 0 saturated carbocycles. The van der Waals surface area contributed by atoms with Gasteiger partial charge in [-0.05, 0) is 26.3 Å². The van der Waals surface area contributed by atoms with Crippen LogP contribution in [0.4, 0.5) is 5.82 Å². The maximum atomic E-state index is 11.8. The van der Waals surface area contributed by atoms with Crippen LogP contribution in [0.2, 0.25) is 0 Å². The molecule has 0 atom stereocenters. The standard InChI is InChI=1S/C12H17N5O/c1-9-8-12(18)17(10(2)14-9)6-3-5-16-7-4-11(13)15-16/h4,7-8H,3,5-6H2,1-2H3,(H2,13,15). The predicted octanol–water partition coefficient (Wildman–Crippen LogP) is 0.729. The Morgan fingerprint density at radius 3 is 2.72 bits per heavy atom. The highest BCUT2D eigenvalue weighted by molar-refractivity contribution is 5.23. The van der Waals surface area contributed by atoms with Crippen LogP contribution in [0.15, 0.2) is 23.1 Å². The molecule has 96 valence electrons. The van der Waals surface area contributed by atoms with Gasteiger partial charge in [0.05, 0.1) is 0 Å². The smallest absolute Gasteiger partial charge is 0.253 e. The third-order valence-corrected chi connectivity index (χ3v) is 2.76. The average molecular weight is 247 g/mol. The van der Waals surface area contributed by atoms with Gasteiger partial charge in [0.2, 0.25) is 0 Å². The largest absolute Gasteiger partial charge is 0.382 e. The van der Waals surface area contributed by atoms with Crippen molar-refractivity contribution in [2.24, 2.45) is 0 Å². The number of nitrogens with zero attached hydrogens (tertiary/aromatic N) is 4. The molecule has 0 saturated heterocycles. The summed E-state index contributed by atoms with van der Waals surface area (Å²) in [6.45, 7) is 5.04. The summed E-state index contributed by atoms with van der Waals surface area (Å²) < 4.78 is 3.46. The molecule has 2 aromatic heterocycles. The quantitative estimate of drug-likeness (QED) is 0.863. The Balaban J connectivity index is 2.01. The van der Waals surface area contributed by atoms with Crippen molar-refractivity contribution in [3.8, 4) is 0 Å². The van der Waals surface area contributed by atoms with E-state index in [-0.39, 0.29) is 5.56 Å². The second-order valence-electron chi connectivity index (χ2n) is 4.29. The zero-order chi connectivity index (χ0) is 13.1. The molecule has 2 aromatic rings. The lowest BCUT2D eigenvalue weighted by Gasteiger charge is -2.09. The molecule has 2 rings (SSSR count). The number of nitrogen functional groups attached to an aromatic ring is 1. The SMILES string of the molecule is Cc1cc(=O)n(CCCn2ccc(N)n2)c(C)n1. The van der Waals surface area contributed by atoms with Gasteiger partial charge in [0.1, 0.15) is 11.6 Å². The summed E-state index contributed by atoms with van der Waals surface area (Å²) in [5.74, 6) is 1.26. The average Bonchev–Trinajstić information content (AvgIpc) is 2.68. The Labute approximate surface area is 105 Å². The summed E-state index contributed by atoms with van der Waals surface area (Å²) in [6, 6.07) is 3.31. The minimum absolute atomic E-state index is 0.0000193. The second kappa shape index (κ2) is 5.03. The number of hydrogen-bond donors (Lipinski definition) is 1. The Morgan fingerprint density at radius 1 is 1.33 bits per heavy atom. The van der Waals surface area contributed by atoms with Gasteiger partial charge in [-0.15, -0.1) is 0 Å². The zero-order valence-corrected chi connectivity index (χ0v) is 10.6. The van der Waals surface area contributed by atoms with Crippen LogP contribution >= 0.6 is 0 Å². The van der Waals surface area contributed by atoms with Crippen molar-refractivity contribution in [1.82, 2.24) is 19.3 Å². The van der Waals surface area contributed by atoms with Crippen molar-refractivity contribution in [2.45, 2.75) is 33.4 Å². The fourth-order valence-corrected chi connectivity index (χ4v) is 1.93. The van der Waals surface area contributed by atoms with E-state index in [2.05, 4.69) is 10.1 Å². The van der Waals surface area contributed by atoms with Crippen molar-refractivity contribution < 1.29 is 0 Å². The van der Waals surface area contributed by atoms with Crippen LogP contribution in [0, 0.1) is 13.8 Å². The number of aryl methyl sites for hydroxylation is 3. The monoisotopic (exact) mass is 247 g/mol. The van der Waals surface area contributed by atoms with Gasteiger partial charge >= 0.3 is 0 Å². The van der Waals surface area contributed by atoms with Crippen molar-refractivity contribution in [3.63, 3.8) is 0 Å². The van der Waals surface area contributed by atoms with Crippen LogP contribution in [0.3, 0.4) is 0 Å². The molecule has 6 heteroatoms. The second-order valence-corrected chi connectivity index (χ2v) is 4.29. The highest BCUT2D eigenvalue weighted by Crippen LogP contribution is 2.00. The Bertz CT molecular complexity index is 599. The van der Waals surface area contributed by atoms with Crippen molar-refractivity contribution in [1.29, 1.82) is 0 Å². The molecular formula is C12H17N5O. The topological polar surface area (TPSA) is 78.7 Å². The van der Waals surface area contributed by atoms with E-state index in [9.17, 15) is 4.79 Å². The molecule has 0 aliphatic rings. The summed E-state index contributed by atoms with van der Waals surface area (Å²) in [5.41, 5.74) is 6.29. The minimum Gasteiger partial charge on any atom is -0.382 e. The Kier molecular flexibility index (Phi) is 3.45. The molecule has 2 N–H and O–H groups in total. The van der Waals surface area contributed by atoms with Crippen molar-refractivity contribution in [2.75, 3.05) is 5.73 Å². The van der Waals surface area contributed by atoms with Crippen molar-refractivity contribution in [3.05, 3.63) is 40.2 Å². The molecule has 0 fully saturated rings. The molecule has 0 radical (unpaired) electrons. The number of nitrogens with two attached hydrogens (primary N) is 1. The highest BCUT2D eigenvalue weighted by Gasteiger charge is 2.03. The molecule has 0 aromatic carbocycles. The third-order valence-electron chi connectivity index (χ3n) is 2.76. The van der Waals surface area contributed by atoms with Gasteiger partial charge < -0.3 is 5.73 Å². The first-order valence-electron chi connectivity index (χ1n) is 5.90. The lowest BCUT2D eigenvalue weighted by atomic mass is 10.3. The first-order chi connectivity index (χ1) is 8.56. The summed E-state index contributed by atoms with van der Waals surface area (Å²) in [7, 11) is 0. The molecule has 0 amide bonds. The van der Waals surface area contributed by atoms with Crippen LogP contribution in [-0.4, -0.2) is 19.3 Å². The molecular weight excluding hydrogens is 230 g/mol. The Hall–Kier alpha value is -2.11. The molecule has 0 bridgehead atoms. The number of hydrogen-bond acceptors (Lipinski definition) is 4. The fraction of sp³-hybridized carbons (Fsp3) is 0.417. The van der Waals surface area contributed by atoms with E-state index >= 15 is 0 Å². The fourth-order valence-electron chi connectivity index (χ4n) is 1.93. The van der Waals surface area contributed by atoms with E-state index in [4.69, 9.17) is 5.73 Å². The maximum absolute atomic E-state index is 11.8. The van der Waals surface area contributed by atoms with Crippen LogP contribution in [-0.2, 0) is 13.1 Å². The number of rotatable bonds is 4. The minimum atomic E-state index is -0.0000193. The first-order valence-corrected chi connectivity index (χ1v) is 5.90. The third kappa shape index (κ3) is 2.77. The van der Waals surface area contributed by atoms with Gasteiger partial charge in [0.25, 0.3) is 5.56 Å². The van der Waals surface area contributed by atoms with Crippen LogP contribution in [0.5, 0.6) is 0 Å². The normalized spacial score (nSPS) is 10.8. The van der Waals surface area contributed by atoms with Gasteiger partial charge in [0, 0.05) is 31.0 Å². The Morgan fingerprint density at radius 2 is 2.11 bits per heavy atom. The highest BCUT2D eigenvalue weighted by atomic mass is 16.1. The van der Waals surface area contributed by atoms with Gasteiger partial charge in [-0.1, -0.05) is 0 Å². The van der Waals surface area contributed by atoms with E-state index in [0.29, 0.717) is 12.4 Å². The van der Waals surface area contributed by atoms with Gasteiger partial charge in [-0.25, -0.2) is 4.98 Å². The van der Waals surface area contributed by atoms with Gasteiger partial charge in [-0.3, -0.25) is 14.0 Å². The maximum Gasteiger partial charge on any atom is 0.253 e. The van der Waals surface area contributed by atoms with E-state index < -0.39 is 0 Å². The van der Waals surface area contributed by atoms with E-state index in [1.807, 2.05) is 20.0 Å². The summed E-state index contributed by atoms with van der Waals surface area (Å²) >= 11 is 0. The number of anilines is 1. The van der Waals surface area contributed by atoms with Gasteiger partial charge in [-0.2, -0.15) is 5.10 Å². The lowest BCUT2D eigenvalue weighted by molar-refractivity contribution is 0.508. The summed E-state index contributed by atoms with van der Waals surface area (Å²) in [6.07, 6.45) is 2.64. The molecule has 2 heterocycles. The first kappa shape index (κ1) is 12.3. The molecule has 0 unspecified atom stereocenters. The molecule has 18 heavy (non-hydrogen) atoms. The van der Waals surface area contributed by atoms with Crippen LogP contribution in [0.25, 0.3) is 0 Å². The number of aromatic nitrogens is 4. The summed E-state index contributed by atoms with van der Waals surface area (Å²) in [5, 5.41) is 4.09. The van der Waals surface area contributed by atoms with Gasteiger partial charge in [0.15, 0.2) is 0 Å².